The molecule has 2 aromatic carbocycles. The molecule has 216 valence electrons. The zero-order valence-corrected chi connectivity index (χ0v) is 24.6. The summed E-state index contributed by atoms with van der Waals surface area (Å²) in [5, 5.41) is 19.8. The summed E-state index contributed by atoms with van der Waals surface area (Å²) in [4.78, 5) is 40.7. The summed E-state index contributed by atoms with van der Waals surface area (Å²) in [6, 6.07) is 12.4. The van der Waals surface area contributed by atoms with Crippen LogP contribution in [0.25, 0.3) is 10.2 Å². The van der Waals surface area contributed by atoms with Crippen LogP contribution >= 0.6 is 35.1 Å². The molecule has 3 heterocycles. The molecule has 0 radical (unpaired) electrons. The number of aromatic nitrogens is 1. The minimum Gasteiger partial charge on any atom is -0.478 e. The number of piperidine rings is 1. The van der Waals surface area contributed by atoms with Crippen LogP contribution in [0.1, 0.15) is 39.1 Å². The van der Waals surface area contributed by atoms with Crippen LogP contribution in [-0.2, 0) is 21.4 Å². The van der Waals surface area contributed by atoms with E-state index in [2.05, 4.69) is 25.7 Å². The normalized spacial score (nSPS) is 13.8. The molecular weight excluding hydrogens is 610 g/mol. The Morgan fingerprint density at radius 3 is 2.59 bits per heavy atom. The number of hydrogen-bond acceptors (Lipinski definition) is 9. The largest absolute Gasteiger partial charge is 0.478 e. The zero-order valence-electron chi connectivity index (χ0n) is 21.4. The second-order valence-electron chi connectivity index (χ2n) is 9.16. The summed E-state index contributed by atoms with van der Waals surface area (Å²) in [5.41, 5.74) is 1.84. The Balaban J connectivity index is 0.00000387. The number of sulfonamides is 1. The van der Waals surface area contributed by atoms with Crippen molar-refractivity contribution in [1.29, 1.82) is 0 Å². The average molecular weight is 636 g/mol. The van der Waals surface area contributed by atoms with Crippen molar-refractivity contribution in [2.45, 2.75) is 23.6 Å². The molecule has 0 atom stereocenters. The molecular formula is C26H26ClN5O6S3. The van der Waals surface area contributed by atoms with Crippen molar-refractivity contribution in [3.8, 4) is 0 Å². The average Bonchev–Trinajstić information content (AvgIpc) is 3.60. The molecule has 0 bridgehead atoms. The van der Waals surface area contributed by atoms with E-state index >= 15 is 0 Å². The number of carbonyl (C=O) groups is 3. The van der Waals surface area contributed by atoms with E-state index in [-0.39, 0.29) is 46.1 Å². The molecule has 5 N–H and O–H groups in total. The van der Waals surface area contributed by atoms with Gasteiger partial charge in [0, 0.05) is 17.8 Å². The van der Waals surface area contributed by atoms with Gasteiger partial charge in [0.2, 0.25) is 5.91 Å². The number of aromatic carboxylic acids is 1. The molecule has 1 aliphatic heterocycles. The number of anilines is 2. The fourth-order valence-electron chi connectivity index (χ4n) is 4.21. The number of carboxylic acid groups (broad SMARTS) is 1. The van der Waals surface area contributed by atoms with Gasteiger partial charge < -0.3 is 21.1 Å². The Labute approximate surface area is 249 Å². The van der Waals surface area contributed by atoms with Crippen LogP contribution in [0.4, 0.5) is 10.8 Å². The van der Waals surface area contributed by atoms with E-state index in [0.717, 1.165) is 37.3 Å². The van der Waals surface area contributed by atoms with Crippen molar-refractivity contribution in [1.82, 2.24) is 15.6 Å². The van der Waals surface area contributed by atoms with Crippen molar-refractivity contribution in [3.05, 3.63) is 70.6 Å². The number of fused-ring (bicyclic) bond motifs is 1. The Morgan fingerprint density at radius 2 is 1.83 bits per heavy atom. The Bertz CT molecular complexity index is 1700. The van der Waals surface area contributed by atoms with Crippen LogP contribution in [0.15, 0.2) is 58.1 Å². The van der Waals surface area contributed by atoms with Crippen molar-refractivity contribution in [2.24, 2.45) is 5.92 Å². The quantitative estimate of drug-likeness (QED) is 0.183. The predicted molar refractivity (Wildman–Crippen MR) is 161 cm³/mol. The molecule has 15 heteroatoms. The SMILES string of the molecule is Cl.O=C(O)c1cccc(CNC(=O)c2csc(S(=O)(=O)Nc3ccc4nc(NC(=O)C5CCNCC5)sc4c3)c2)c1. The molecule has 0 aliphatic carbocycles. The lowest BCUT2D eigenvalue weighted by Gasteiger charge is -2.20. The van der Waals surface area contributed by atoms with Gasteiger partial charge in [-0.15, -0.1) is 23.7 Å². The molecule has 1 aliphatic rings. The highest BCUT2D eigenvalue weighted by Crippen LogP contribution is 2.31. The maximum atomic E-state index is 13.0. The number of rotatable bonds is 9. The first-order chi connectivity index (χ1) is 19.2. The van der Waals surface area contributed by atoms with Gasteiger partial charge in [0.1, 0.15) is 4.21 Å². The third-order valence-electron chi connectivity index (χ3n) is 6.31. The number of nitrogens with one attached hydrogen (secondary N) is 4. The lowest BCUT2D eigenvalue weighted by Crippen LogP contribution is -2.34. The molecule has 4 aromatic rings. The molecule has 11 nitrogen and oxygen atoms in total. The highest BCUT2D eigenvalue weighted by atomic mass is 35.5. The Kier molecular flexibility index (Phi) is 9.60. The van der Waals surface area contributed by atoms with Gasteiger partial charge in [-0.1, -0.05) is 23.5 Å². The number of thiazole rings is 1. The van der Waals surface area contributed by atoms with Gasteiger partial charge in [0.05, 0.1) is 27.0 Å². The van der Waals surface area contributed by atoms with Gasteiger partial charge in [-0.05, 0) is 67.9 Å². The van der Waals surface area contributed by atoms with Crippen LogP contribution in [0.5, 0.6) is 0 Å². The van der Waals surface area contributed by atoms with E-state index in [0.29, 0.717) is 26.6 Å². The van der Waals surface area contributed by atoms with Crippen molar-refractivity contribution in [2.75, 3.05) is 23.1 Å². The van der Waals surface area contributed by atoms with Crippen LogP contribution in [-0.4, -0.2) is 49.4 Å². The summed E-state index contributed by atoms with van der Waals surface area (Å²) >= 11 is 2.17. The van der Waals surface area contributed by atoms with E-state index in [1.54, 1.807) is 30.3 Å². The van der Waals surface area contributed by atoms with Crippen LogP contribution in [0.2, 0.25) is 0 Å². The summed E-state index contributed by atoms with van der Waals surface area (Å²) in [6.45, 7) is 1.70. The number of carboxylic acids is 1. The lowest BCUT2D eigenvalue weighted by atomic mass is 9.97. The number of benzene rings is 2. The summed E-state index contributed by atoms with van der Waals surface area (Å²) in [5.74, 6) is -1.67. The summed E-state index contributed by atoms with van der Waals surface area (Å²) in [7, 11) is -3.97. The number of hydrogen-bond donors (Lipinski definition) is 5. The van der Waals surface area contributed by atoms with Gasteiger partial charge in [0.15, 0.2) is 5.13 Å². The number of thiophene rings is 1. The number of nitrogens with zero attached hydrogens (tertiary/aromatic N) is 1. The highest BCUT2D eigenvalue weighted by molar-refractivity contribution is 7.94. The van der Waals surface area contributed by atoms with Crippen LogP contribution in [0, 0.1) is 5.92 Å². The van der Waals surface area contributed by atoms with Gasteiger partial charge in [0.25, 0.3) is 15.9 Å². The maximum absolute atomic E-state index is 13.0. The van der Waals surface area contributed by atoms with E-state index < -0.39 is 21.9 Å². The molecule has 0 saturated carbocycles. The van der Waals surface area contributed by atoms with Gasteiger partial charge >= 0.3 is 5.97 Å². The van der Waals surface area contributed by atoms with Crippen molar-refractivity contribution in [3.63, 3.8) is 0 Å². The summed E-state index contributed by atoms with van der Waals surface area (Å²) in [6.07, 6.45) is 1.55. The first-order valence-corrected chi connectivity index (χ1v) is 15.5. The highest BCUT2D eigenvalue weighted by Gasteiger charge is 2.23. The van der Waals surface area contributed by atoms with Gasteiger partial charge in [-0.3, -0.25) is 14.3 Å². The number of halogens is 1. The topological polar surface area (TPSA) is 167 Å². The molecule has 1 fully saturated rings. The maximum Gasteiger partial charge on any atom is 0.335 e. The van der Waals surface area contributed by atoms with Crippen molar-refractivity contribution >= 4 is 83.9 Å². The summed E-state index contributed by atoms with van der Waals surface area (Å²) < 4.78 is 29.2. The second kappa shape index (κ2) is 13.0. The van der Waals surface area contributed by atoms with E-state index in [9.17, 15) is 22.8 Å². The fraction of sp³-hybridized carbons (Fsp3) is 0.231. The first-order valence-electron chi connectivity index (χ1n) is 12.3. The first kappa shape index (κ1) is 30.4. The minimum atomic E-state index is -3.97. The number of amides is 2. The van der Waals surface area contributed by atoms with E-state index in [1.807, 2.05) is 0 Å². The third-order valence-corrected chi connectivity index (χ3v) is 10.1. The second-order valence-corrected chi connectivity index (χ2v) is 13.0. The smallest absolute Gasteiger partial charge is 0.335 e. The van der Waals surface area contributed by atoms with Crippen LogP contribution in [0.3, 0.4) is 0 Å². The van der Waals surface area contributed by atoms with E-state index in [1.165, 1.54) is 34.9 Å². The lowest BCUT2D eigenvalue weighted by molar-refractivity contribution is -0.120. The predicted octanol–water partition coefficient (Wildman–Crippen LogP) is 4.15. The number of carbonyl (C=O) groups excluding carboxylic acids is 2. The van der Waals surface area contributed by atoms with Gasteiger partial charge in [-0.2, -0.15) is 0 Å². The Hall–Kier alpha value is -3.56. The zero-order chi connectivity index (χ0) is 28.3. The standard InChI is InChI=1S/C26H25N5O6S3.ClH/c32-23(28-13-15-2-1-3-17(10-15)25(34)35)18-11-22(38-14-18)40(36,37)31-19-4-5-20-21(12-19)39-26(29-20)30-24(33)16-6-8-27-9-7-16;/h1-5,10-12,14,16,27,31H,6-9,13H2,(H,28,32)(H,34,35)(H,29,30,33);1H. The van der Waals surface area contributed by atoms with Crippen molar-refractivity contribution < 1.29 is 27.9 Å². The molecule has 2 amide bonds. The van der Waals surface area contributed by atoms with Crippen LogP contribution < -0.4 is 20.7 Å². The molecule has 41 heavy (non-hydrogen) atoms. The molecule has 0 unspecified atom stereocenters. The third kappa shape index (κ3) is 7.40. The molecule has 1 saturated heterocycles. The molecule has 0 spiro atoms. The van der Waals surface area contributed by atoms with Gasteiger partial charge in [-0.25, -0.2) is 18.2 Å². The fourth-order valence-corrected chi connectivity index (χ4v) is 7.33. The molecule has 2 aromatic heterocycles. The molecule has 5 rings (SSSR count). The Morgan fingerprint density at radius 1 is 1.05 bits per heavy atom. The van der Waals surface area contributed by atoms with E-state index in [4.69, 9.17) is 5.11 Å². The minimum absolute atomic E-state index is 0. The monoisotopic (exact) mass is 635 g/mol.